The molecule has 1 saturated carbocycles. The van der Waals surface area contributed by atoms with Crippen LogP contribution in [0.5, 0.6) is 0 Å². The van der Waals surface area contributed by atoms with Crippen LogP contribution >= 0.6 is 23.2 Å². The van der Waals surface area contributed by atoms with Gasteiger partial charge in [0.1, 0.15) is 0 Å². The first-order valence-electron chi connectivity index (χ1n) is 9.18. The predicted octanol–water partition coefficient (Wildman–Crippen LogP) is 4.29. The Hall–Kier alpha value is -2.04. The van der Waals surface area contributed by atoms with Crippen molar-refractivity contribution in [2.45, 2.75) is 6.42 Å². The van der Waals surface area contributed by atoms with Gasteiger partial charge in [0.25, 0.3) is 0 Å². The molecule has 1 aliphatic heterocycles. The first-order valence-corrected chi connectivity index (χ1v) is 9.93. The number of pyridine rings is 1. The van der Waals surface area contributed by atoms with Crippen molar-refractivity contribution in [1.82, 2.24) is 10.3 Å². The van der Waals surface area contributed by atoms with Crippen LogP contribution in [0.3, 0.4) is 0 Å². The standard InChI is InChI=1S/C21H21Cl2N3O/c22-19-5-4-15(10-20(19)23)26-12-17-16(18(17)13-26)7-9-25-21(27)6-3-14-2-1-8-24-11-14/h1-6,8,10-11,16-18H,7,9,12-13H2,(H,25,27)/b6-3+/t16-,17-,18+. The number of rotatable bonds is 6. The summed E-state index contributed by atoms with van der Waals surface area (Å²) in [6.45, 7) is 2.84. The molecule has 0 spiro atoms. The van der Waals surface area contributed by atoms with Crippen molar-refractivity contribution < 1.29 is 4.79 Å². The van der Waals surface area contributed by atoms with Crippen LogP contribution in [0.1, 0.15) is 12.0 Å². The van der Waals surface area contributed by atoms with E-state index in [1.165, 1.54) is 0 Å². The van der Waals surface area contributed by atoms with E-state index in [4.69, 9.17) is 23.2 Å². The lowest BCUT2D eigenvalue weighted by atomic mass is 10.2. The van der Waals surface area contributed by atoms with Gasteiger partial charge in [-0.2, -0.15) is 0 Å². The summed E-state index contributed by atoms with van der Waals surface area (Å²) in [5.41, 5.74) is 2.07. The minimum Gasteiger partial charge on any atom is -0.371 e. The van der Waals surface area contributed by atoms with Crippen molar-refractivity contribution >= 4 is 40.9 Å². The van der Waals surface area contributed by atoms with E-state index in [-0.39, 0.29) is 5.91 Å². The number of piperidine rings is 1. The number of fused-ring (bicyclic) bond motifs is 1. The third kappa shape index (κ3) is 4.28. The van der Waals surface area contributed by atoms with Crippen LogP contribution in [0.2, 0.25) is 10.0 Å². The molecule has 1 amide bonds. The molecule has 3 atom stereocenters. The highest BCUT2D eigenvalue weighted by atomic mass is 35.5. The molecule has 0 radical (unpaired) electrons. The molecule has 1 saturated heterocycles. The van der Waals surface area contributed by atoms with E-state index in [9.17, 15) is 4.79 Å². The Bertz CT molecular complexity index is 844. The SMILES string of the molecule is O=C(/C=C/c1cccnc1)NCC[C@@H]1[C@H]2CN(c3ccc(Cl)c(Cl)c3)C[C@@H]12. The van der Waals surface area contributed by atoms with Gasteiger partial charge in [-0.25, -0.2) is 0 Å². The van der Waals surface area contributed by atoms with Gasteiger partial charge >= 0.3 is 0 Å². The number of anilines is 1. The Labute approximate surface area is 169 Å². The van der Waals surface area contributed by atoms with Crippen LogP contribution in [0.15, 0.2) is 48.8 Å². The molecule has 4 rings (SSSR count). The zero-order valence-corrected chi connectivity index (χ0v) is 16.3. The average molecular weight is 402 g/mol. The highest BCUT2D eigenvalue weighted by Gasteiger charge is 2.54. The summed E-state index contributed by atoms with van der Waals surface area (Å²) >= 11 is 12.1. The van der Waals surface area contributed by atoms with Crippen molar-refractivity contribution in [3.05, 3.63) is 64.4 Å². The molecule has 6 heteroatoms. The Morgan fingerprint density at radius 3 is 2.74 bits per heavy atom. The first-order chi connectivity index (χ1) is 13.1. The van der Waals surface area contributed by atoms with Crippen LogP contribution in [0, 0.1) is 17.8 Å². The van der Waals surface area contributed by atoms with E-state index in [0.29, 0.717) is 16.0 Å². The van der Waals surface area contributed by atoms with Gasteiger partial charge in [0.15, 0.2) is 0 Å². The summed E-state index contributed by atoms with van der Waals surface area (Å²) in [5.74, 6) is 2.11. The molecule has 27 heavy (non-hydrogen) atoms. The third-order valence-corrected chi connectivity index (χ3v) is 6.27. The number of halogens is 2. The van der Waals surface area contributed by atoms with Crippen LogP contribution in [-0.4, -0.2) is 30.5 Å². The summed E-state index contributed by atoms with van der Waals surface area (Å²) in [6.07, 6.45) is 7.83. The molecule has 140 valence electrons. The average Bonchev–Trinajstić information content (AvgIpc) is 3.12. The molecular formula is C21H21Cl2N3O. The van der Waals surface area contributed by atoms with Gasteiger partial charge in [-0.3, -0.25) is 9.78 Å². The monoisotopic (exact) mass is 401 g/mol. The molecule has 1 N–H and O–H groups in total. The highest BCUT2D eigenvalue weighted by molar-refractivity contribution is 6.42. The molecule has 4 nitrogen and oxygen atoms in total. The number of carbonyl (C=O) groups excluding carboxylic acids is 1. The van der Waals surface area contributed by atoms with Crippen LogP contribution in [0.25, 0.3) is 6.08 Å². The number of aromatic nitrogens is 1. The lowest BCUT2D eigenvalue weighted by Crippen LogP contribution is -2.26. The third-order valence-electron chi connectivity index (χ3n) is 5.53. The normalized spacial score (nSPS) is 23.5. The van der Waals surface area contributed by atoms with Gasteiger partial charge in [0, 0.05) is 43.8 Å². The quantitative estimate of drug-likeness (QED) is 0.734. The lowest BCUT2D eigenvalue weighted by molar-refractivity contribution is -0.116. The van der Waals surface area contributed by atoms with Gasteiger partial charge in [0.2, 0.25) is 5.91 Å². The Morgan fingerprint density at radius 1 is 1.22 bits per heavy atom. The molecular weight excluding hydrogens is 381 g/mol. The fourth-order valence-electron chi connectivity index (χ4n) is 4.04. The summed E-state index contributed by atoms with van der Waals surface area (Å²) in [4.78, 5) is 18.3. The van der Waals surface area contributed by atoms with Gasteiger partial charge in [-0.15, -0.1) is 0 Å². The maximum Gasteiger partial charge on any atom is 0.244 e. The van der Waals surface area contributed by atoms with Gasteiger partial charge < -0.3 is 10.2 Å². The van der Waals surface area contributed by atoms with E-state index >= 15 is 0 Å². The van der Waals surface area contributed by atoms with Crippen molar-refractivity contribution in [2.24, 2.45) is 17.8 Å². The smallest absolute Gasteiger partial charge is 0.244 e. The second kappa shape index (κ2) is 7.91. The number of nitrogens with one attached hydrogen (secondary N) is 1. The summed E-state index contributed by atoms with van der Waals surface area (Å²) in [7, 11) is 0. The van der Waals surface area contributed by atoms with E-state index in [1.807, 2.05) is 30.3 Å². The number of benzene rings is 1. The minimum absolute atomic E-state index is 0.0536. The van der Waals surface area contributed by atoms with E-state index in [1.54, 1.807) is 24.5 Å². The van der Waals surface area contributed by atoms with Crippen molar-refractivity contribution in [2.75, 3.05) is 24.5 Å². The lowest BCUT2D eigenvalue weighted by Gasteiger charge is -2.22. The Morgan fingerprint density at radius 2 is 2.04 bits per heavy atom. The topological polar surface area (TPSA) is 45.2 Å². The van der Waals surface area contributed by atoms with Crippen LogP contribution in [-0.2, 0) is 4.79 Å². The molecule has 2 heterocycles. The number of nitrogens with zero attached hydrogens (tertiary/aromatic N) is 2. The Balaban J connectivity index is 1.19. The molecule has 1 aromatic carbocycles. The van der Waals surface area contributed by atoms with Gasteiger partial charge in [0.05, 0.1) is 10.0 Å². The summed E-state index contributed by atoms with van der Waals surface area (Å²) in [5, 5.41) is 4.18. The van der Waals surface area contributed by atoms with Crippen LogP contribution < -0.4 is 10.2 Å². The minimum atomic E-state index is -0.0536. The first kappa shape index (κ1) is 18.3. The zero-order valence-electron chi connectivity index (χ0n) is 14.8. The van der Waals surface area contributed by atoms with E-state index < -0.39 is 0 Å². The highest BCUT2D eigenvalue weighted by Crippen LogP contribution is 2.54. The van der Waals surface area contributed by atoms with Gasteiger partial charge in [-0.1, -0.05) is 29.3 Å². The summed E-state index contributed by atoms with van der Waals surface area (Å²) < 4.78 is 0. The number of carbonyl (C=O) groups is 1. The molecule has 1 aromatic heterocycles. The Kier molecular flexibility index (Phi) is 5.37. The maximum absolute atomic E-state index is 11.9. The fourth-order valence-corrected chi connectivity index (χ4v) is 4.33. The van der Waals surface area contributed by atoms with Crippen molar-refractivity contribution in [3.63, 3.8) is 0 Å². The second-order valence-corrected chi connectivity index (χ2v) is 8.01. The molecule has 2 fully saturated rings. The molecule has 2 aromatic rings. The number of hydrogen-bond acceptors (Lipinski definition) is 3. The van der Waals surface area contributed by atoms with Crippen LogP contribution in [0.4, 0.5) is 5.69 Å². The molecule has 2 aliphatic rings. The largest absolute Gasteiger partial charge is 0.371 e. The van der Waals surface area contributed by atoms with Crippen molar-refractivity contribution in [1.29, 1.82) is 0 Å². The van der Waals surface area contributed by atoms with E-state index in [2.05, 4.69) is 15.2 Å². The fraction of sp³-hybridized carbons (Fsp3) is 0.333. The van der Waals surface area contributed by atoms with Gasteiger partial charge in [-0.05, 0) is 60.1 Å². The molecule has 0 unspecified atom stereocenters. The molecule has 1 aliphatic carbocycles. The van der Waals surface area contributed by atoms with Crippen molar-refractivity contribution in [3.8, 4) is 0 Å². The maximum atomic E-state index is 11.9. The number of hydrogen-bond donors (Lipinski definition) is 1. The zero-order chi connectivity index (χ0) is 18.8. The predicted molar refractivity (Wildman–Crippen MR) is 110 cm³/mol. The summed E-state index contributed by atoms with van der Waals surface area (Å²) in [6, 6.07) is 9.60. The van der Waals surface area contributed by atoms with E-state index in [0.717, 1.165) is 49.1 Å². The second-order valence-electron chi connectivity index (χ2n) is 7.19. The number of amides is 1. The molecule has 0 bridgehead atoms.